The topological polar surface area (TPSA) is 97.2 Å². The van der Waals surface area contributed by atoms with Crippen molar-refractivity contribution in [1.29, 1.82) is 0 Å². The zero-order valence-electron chi connectivity index (χ0n) is 11.8. The second kappa shape index (κ2) is 6.48. The number of carbonyl (C=O) groups is 1. The lowest BCUT2D eigenvalue weighted by molar-refractivity contribution is 0.00954. The monoisotopic (exact) mass is 300 g/mol. The van der Waals surface area contributed by atoms with Gasteiger partial charge in [-0.05, 0) is 24.5 Å². The Labute approximate surface area is 127 Å². The van der Waals surface area contributed by atoms with E-state index in [0.717, 1.165) is 18.4 Å². The van der Waals surface area contributed by atoms with Crippen LogP contribution in [0, 0.1) is 0 Å². The van der Waals surface area contributed by atoms with Gasteiger partial charge in [0.05, 0.1) is 18.5 Å². The summed E-state index contributed by atoms with van der Waals surface area (Å²) in [5.41, 5.74) is 0.993. The largest absolute Gasteiger partial charge is 0.476 e. The molecule has 2 aromatic heterocycles. The van der Waals surface area contributed by atoms with Gasteiger partial charge in [-0.25, -0.2) is 14.8 Å². The number of pyridine rings is 1. The third-order valence-corrected chi connectivity index (χ3v) is 3.56. The summed E-state index contributed by atoms with van der Waals surface area (Å²) in [7, 11) is 0. The maximum absolute atomic E-state index is 10.8. The van der Waals surface area contributed by atoms with Gasteiger partial charge < -0.3 is 15.2 Å². The quantitative estimate of drug-likeness (QED) is 0.890. The van der Waals surface area contributed by atoms with E-state index >= 15 is 0 Å². The van der Waals surface area contributed by atoms with E-state index in [1.807, 2.05) is 18.3 Å². The minimum Gasteiger partial charge on any atom is -0.476 e. The van der Waals surface area contributed by atoms with Gasteiger partial charge in [0, 0.05) is 25.0 Å². The van der Waals surface area contributed by atoms with Gasteiger partial charge in [0.15, 0.2) is 5.69 Å². The number of carboxylic acid groups (broad SMARTS) is 1. The van der Waals surface area contributed by atoms with Crippen LogP contribution in [0.15, 0.2) is 36.9 Å². The summed E-state index contributed by atoms with van der Waals surface area (Å²) in [4.78, 5) is 22.8. The van der Waals surface area contributed by atoms with Crippen LogP contribution in [-0.2, 0) is 4.74 Å². The fraction of sp³-hybridized carbons (Fsp3) is 0.333. The molecule has 2 unspecified atom stereocenters. The summed E-state index contributed by atoms with van der Waals surface area (Å²) in [6.07, 6.45) is 7.91. The number of aromatic carboxylic acids is 1. The summed E-state index contributed by atoms with van der Waals surface area (Å²) < 4.78 is 5.79. The van der Waals surface area contributed by atoms with E-state index in [9.17, 15) is 4.79 Å². The van der Waals surface area contributed by atoms with Crippen molar-refractivity contribution in [2.45, 2.75) is 25.0 Å². The summed E-state index contributed by atoms with van der Waals surface area (Å²) in [5, 5.41) is 12.1. The minimum atomic E-state index is -1.08. The van der Waals surface area contributed by atoms with E-state index in [2.05, 4.69) is 20.3 Å². The van der Waals surface area contributed by atoms with E-state index < -0.39 is 5.97 Å². The molecule has 1 aliphatic heterocycles. The molecule has 114 valence electrons. The maximum Gasteiger partial charge on any atom is 0.356 e. The first-order valence-electron chi connectivity index (χ1n) is 7.06. The summed E-state index contributed by atoms with van der Waals surface area (Å²) in [6, 6.07) is 4.09. The van der Waals surface area contributed by atoms with Crippen LogP contribution >= 0.6 is 0 Å². The Morgan fingerprint density at radius 1 is 1.32 bits per heavy atom. The highest BCUT2D eigenvalue weighted by Crippen LogP contribution is 2.28. The molecule has 0 amide bonds. The van der Waals surface area contributed by atoms with Crippen molar-refractivity contribution in [2.75, 3.05) is 11.9 Å². The fourth-order valence-corrected chi connectivity index (χ4v) is 2.45. The average Bonchev–Trinajstić information content (AvgIpc) is 2.56. The second-order valence-electron chi connectivity index (χ2n) is 5.10. The number of rotatable bonds is 4. The van der Waals surface area contributed by atoms with Crippen molar-refractivity contribution >= 4 is 11.8 Å². The SMILES string of the molecule is O=C(O)c1cnc(NC2CCOC(c3cccnc3)C2)cn1. The van der Waals surface area contributed by atoms with Crippen LogP contribution in [0.4, 0.5) is 5.82 Å². The predicted octanol–water partition coefficient (Wildman–Crippen LogP) is 1.90. The van der Waals surface area contributed by atoms with Crippen LogP contribution in [-0.4, -0.2) is 38.7 Å². The predicted molar refractivity (Wildman–Crippen MR) is 78.6 cm³/mol. The number of aromatic nitrogens is 3. The highest BCUT2D eigenvalue weighted by Gasteiger charge is 2.24. The minimum absolute atomic E-state index is 0.00574. The van der Waals surface area contributed by atoms with E-state index in [4.69, 9.17) is 9.84 Å². The van der Waals surface area contributed by atoms with Gasteiger partial charge in [-0.2, -0.15) is 0 Å². The number of hydrogen-bond donors (Lipinski definition) is 2. The van der Waals surface area contributed by atoms with E-state index in [1.165, 1.54) is 12.4 Å². The second-order valence-corrected chi connectivity index (χ2v) is 5.10. The van der Waals surface area contributed by atoms with E-state index in [0.29, 0.717) is 12.4 Å². The van der Waals surface area contributed by atoms with Crippen molar-refractivity contribution in [2.24, 2.45) is 0 Å². The number of anilines is 1. The fourth-order valence-electron chi connectivity index (χ4n) is 2.45. The number of carboxylic acids is 1. The molecule has 0 radical (unpaired) electrons. The number of ether oxygens (including phenoxy) is 1. The van der Waals surface area contributed by atoms with Crippen molar-refractivity contribution in [3.05, 3.63) is 48.2 Å². The molecule has 7 nitrogen and oxygen atoms in total. The van der Waals surface area contributed by atoms with Crippen LogP contribution in [0.3, 0.4) is 0 Å². The molecule has 22 heavy (non-hydrogen) atoms. The first-order chi connectivity index (χ1) is 10.7. The highest BCUT2D eigenvalue weighted by atomic mass is 16.5. The van der Waals surface area contributed by atoms with Gasteiger partial charge in [0.2, 0.25) is 0 Å². The Morgan fingerprint density at radius 3 is 2.91 bits per heavy atom. The normalized spacial score (nSPS) is 21.3. The molecular formula is C15H16N4O3. The third-order valence-electron chi connectivity index (χ3n) is 3.56. The van der Waals surface area contributed by atoms with Gasteiger partial charge in [-0.15, -0.1) is 0 Å². The van der Waals surface area contributed by atoms with Gasteiger partial charge >= 0.3 is 5.97 Å². The Kier molecular flexibility index (Phi) is 4.24. The number of hydrogen-bond acceptors (Lipinski definition) is 6. The van der Waals surface area contributed by atoms with Crippen molar-refractivity contribution in [3.63, 3.8) is 0 Å². The lowest BCUT2D eigenvalue weighted by Crippen LogP contribution is -2.30. The Morgan fingerprint density at radius 2 is 2.23 bits per heavy atom. The molecule has 3 rings (SSSR count). The molecule has 2 atom stereocenters. The smallest absolute Gasteiger partial charge is 0.356 e. The zero-order valence-corrected chi connectivity index (χ0v) is 11.8. The average molecular weight is 300 g/mol. The molecule has 7 heteroatoms. The van der Waals surface area contributed by atoms with Gasteiger partial charge in [0.1, 0.15) is 5.82 Å². The van der Waals surface area contributed by atoms with E-state index in [-0.39, 0.29) is 17.8 Å². The van der Waals surface area contributed by atoms with Gasteiger partial charge in [0.25, 0.3) is 0 Å². The summed E-state index contributed by atoms with van der Waals surface area (Å²) >= 11 is 0. The molecule has 1 fully saturated rings. The molecule has 0 saturated carbocycles. The Balaban J connectivity index is 1.64. The molecule has 3 heterocycles. The molecule has 2 aromatic rings. The summed E-state index contributed by atoms with van der Waals surface area (Å²) in [6.45, 7) is 0.651. The lowest BCUT2D eigenvalue weighted by atomic mass is 9.98. The molecule has 0 bridgehead atoms. The van der Waals surface area contributed by atoms with Crippen molar-refractivity contribution in [3.8, 4) is 0 Å². The number of nitrogens with one attached hydrogen (secondary N) is 1. The Hall–Kier alpha value is -2.54. The van der Waals surface area contributed by atoms with Crippen LogP contribution in [0.5, 0.6) is 0 Å². The lowest BCUT2D eigenvalue weighted by Gasteiger charge is -2.30. The molecule has 0 aliphatic carbocycles. The third kappa shape index (κ3) is 3.37. The van der Waals surface area contributed by atoms with Crippen molar-refractivity contribution in [1.82, 2.24) is 15.0 Å². The molecule has 1 aliphatic rings. The molecule has 0 aromatic carbocycles. The Bertz CT molecular complexity index is 633. The van der Waals surface area contributed by atoms with E-state index in [1.54, 1.807) is 6.20 Å². The van der Waals surface area contributed by atoms with Crippen LogP contribution in [0.1, 0.15) is 35.0 Å². The standard InChI is InChI=1S/C15H16N4O3/c20-15(21)12-8-18-14(9-17-12)19-11-3-5-22-13(6-11)10-2-1-4-16-7-10/h1-2,4,7-9,11,13H,3,5-6H2,(H,18,19)(H,20,21). The van der Waals surface area contributed by atoms with Crippen LogP contribution < -0.4 is 5.32 Å². The number of nitrogens with zero attached hydrogens (tertiary/aromatic N) is 3. The maximum atomic E-state index is 10.8. The molecule has 0 spiro atoms. The molecule has 2 N–H and O–H groups in total. The van der Waals surface area contributed by atoms with Crippen molar-refractivity contribution < 1.29 is 14.6 Å². The first-order valence-corrected chi connectivity index (χ1v) is 7.06. The molecular weight excluding hydrogens is 284 g/mol. The van der Waals surface area contributed by atoms with Gasteiger partial charge in [-0.3, -0.25) is 4.98 Å². The highest BCUT2D eigenvalue weighted by molar-refractivity contribution is 5.84. The molecule has 1 saturated heterocycles. The zero-order chi connectivity index (χ0) is 15.4. The van der Waals surface area contributed by atoms with Crippen LogP contribution in [0.25, 0.3) is 0 Å². The van der Waals surface area contributed by atoms with Gasteiger partial charge in [-0.1, -0.05) is 6.07 Å². The van der Waals surface area contributed by atoms with Crippen LogP contribution in [0.2, 0.25) is 0 Å². The summed E-state index contributed by atoms with van der Waals surface area (Å²) in [5.74, 6) is -0.511. The first kappa shape index (κ1) is 14.4.